The van der Waals surface area contributed by atoms with Crippen LogP contribution in [0.1, 0.15) is 57.2 Å². The van der Waals surface area contributed by atoms with Crippen molar-refractivity contribution in [2.45, 2.75) is 58.1 Å². The second-order valence-corrected chi connectivity index (χ2v) is 11.2. The number of hydrogen-bond acceptors (Lipinski definition) is 9. The van der Waals surface area contributed by atoms with Gasteiger partial charge in [0.15, 0.2) is 11.0 Å². The van der Waals surface area contributed by atoms with E-state index in [9.17, 15) is 9.90 Å². The first kappa shape index (κ1) is 23.4. The van der Waals surface area contributed by atoms with E-state index in [-0.39, 0.29) is 11.4 Å². The van der Waals surface area contributed by atoms with Crippen molar-refractivity contribution < 1.29 is 14.6 Å². The molecule has 10 nitrogen and oxygen atoms in total. The number of aromatic nitrogens is 6. The van der Waals surface area contributed by atoms with Crippen LogP contribution in [0.4, 0.5) is 5.13 Å². The van der Waals surface area contributed by atoms with Gasteiger partial charge < -0.3 is 14.7 Å². The fourth-order valence-electron chi connectivity index (χ4n) is 4.90. The molecule has 184 valence electrons. The summed E-state index contributed by atoms with van der Waals surface area (Å²) < 4.78 is 6.55. The highest BCUT2D eigenvalue weighted by Gasteiger charge is 2.40. The second kappa shape index (κ2) is 8.71. The Hall–Kier alpha value is -3.34. The van der Waals surface area contributed by atoms with Gasteiger partial charge in [-0.05, 0) is 35.1 Å². The molecular weight excluding hydrogens is 466 g/mol. The highest BCUT2D eigenvalue weighted by molar-refractivity contribution is 7.18. The van der Waals surface area contributed by atoms with Gasteiger partial charge in [-0.1, -0.05) is 56.9 Å². The summed E-state index contributed by atoms with van der Waals surface area (Å²) >= 11 is 1.39. The summed E-state index contributed by atoms with van der Waals surface area (Å²) in [4.78, 5) is 15.1. The molecule has 1 atom stereocenters. The molecular formula is C24H29N7O3S. The molecule has 35 heavy (non-hydrogen) atoms. The summed E-state index contributed by atoms with van der Waals surface area (Å²) in [5.41, 5.74) is 1.68. The molecule has 3 aromatic rings. The van der Waals surface area contributed by atoms with Crippen molar-refractivity contribution in [2.75, 3.05) is 18.0 Å². The highest BCUT2D eigenvalue weighted by atomic mass is 32.1. The van der Waals surface area contributed by atoms with E-state index in [0.717, 1.165) is 60.0 Å². The number of benzene rings is 1. The molecule has 1 fully saturated rings. The molecule has 0 amide bonds. The summed E-state index contributed by atoms with van der Waals surface area (Å²) in [7, 11) is 0. The van der Waals surface area contributed by atoms with Gasteiger partial charge in [-0.2, -0.15) is 0 Å². The number of anilines is 1. The van der Waals surface area contributed by atoms with Crippen LogP contribution in [0.2, 0.25) is 0 Å². The number of carboxylic acids is 1. The van der Waals surface area contributed by atoms with Crippen LogP contribution in [0.15, 0.2) is 24.8 Å². The molecule has 2 aliphatic heterocycles. The van der Waals surface area contributed by atoms with E-state index in [1.54, 1.807) is 0 Å². The lowest BCUT2D eigenvalue weighted by molar-refractivity contribution is -0.145. The van der Waals surface area contributed by atoms with Crippen LogP contribution in [0, 0.1) is 5.41 Å². The average Bonchev–Trinajstić information content (AvgIpc) is 3.48. The van der Waals surface area contributed by atoms with E-state index < -0.39 is 17.4 Å². The Morgan fingerprint density at radius 3 is 2.69 bits per heavy atom. The van der Waals surface area contributed by atoms with Gasteiger partial charge >= 0.3 is 5.97 Å². The maximum absolute atomic E-state index is 11.8. The number of nitrogens with zero attached hydrogens (tertiary/aromatic N) is 7. The van der Waals surface area contributed by atoms with Crippen molar-refractivity contribution in [2.24, 2.45) is 5.41 Å². The van der Waals surface area contributed by atoms with E-state index >= 15 is 0 Å². The van der Waals surface area contributed by atoms with Gasteiger partial charge in [0.05, 0.1) is 0 Å². The van der Waals surface area contributed by atoms with Crippen LogP contribution in [-0.2, 0) is 11.2 Å². The van der Waals surface area contributed by atoms with Gasteiger partial charge in [0, 0.05) is 31.5 Å². The highest BCUT2D eigenvalue weighted by Crippen LogP contribution is 2.42. The Balaban J connectivity index is 1.27. The molecule has 1 N–H and O–H groups in total. The number of carbonyl (C=O) groups is 1. The van der Waals surface area contributed by atoms with Crippen molar-refractivity contribution in [3.05, 3.63) is 35.9 Å². The molecule has 0 saturated carbocycles. The molecule has 5 rings (SSSR count). The van der Waals surface area contributed by atoms with E-state index in [1.165, 1.54) is 16.9 Å². The lowest BCUT2D eigenvalue weighted by atomic mass is 9.82. The molecule has 0 aliphatic carbocycles. The average molecular weight is 496 g/mol. The summed E-state index contributed by atoms with van der Waals surface area (Å²) in [5.74, 6) is 0.252. The lowest BCUT2D eigenvalue weighted by Crippen LogP contribution is -2.49. The smallest absolute Gasteiger partial charge is 0.331 e. The fraction of sp³-hybridized carbons (Fsp3) is 0.500. The molecule has 0 bridgehead atoms. The van der Waals surface area contributed by atoms with Crippen LogP contribution in [0.3, 0.4) is 0 Å². The van der Waals surface area contributed by atoms with Crippen LogP contribution in [0.5, 0.6) is 5.75 Å². The van der Waals surface area contributed by atoms with Gasteiger partial charge in [0.2, 0.25) is 11.0 Å². The number of piperidine rings is 1. The molecule has 11 heteroatoms. The molecule has 1 saturated heterocycles. The Bertz CT molecular complexity index is 1250. The minimum atomic E-state index is -1.00. The van der Waals surface area contributed by atoms with Crippen molar-refractivity contribution in [1.29, 1.82) is 0 Å². The normalized spacial score (nSPS) is 18.1. The third kappa shape index (κ3) is 4.40. The summed E-state index contributed by atoms with van der Waals surface area (Å²) in [6.45, 7) is 11.0. The predicted molar refractivity (Wildman–Crippen MR) is 133 cm³/mol. The lowest BCUT2D eigenvalue weighted by Gasteiger charge is -2.44. The Morgan fingerprint density at radius 1 is 1.23 bits per heavy atom. The van der Waals surface area contributed by atoms with E-state index in [2.05, 4.69) is 49.2 Å². The summed E-state index contributed by atoms with van der Waals surface area (Å²) in [5, 5.41) is 31.9. The number of fused-ring (bicyclic) bond motifs is 1. The minimum absolute atomic E-state index is 0.153. The SMILES string of the molecule is C=Cc1cccc2c1CCC1(CCN(c3nnc(-c4nnn(C(C(=O)O)C(C)(C)C)n4)s3)CC1)O2. The van der Waals surface area contributed by atoms with Crippen LogP contribution in [0.25, 0.3) is 16.9 Å². The Labute approximate surface area is 207 Å². The number of tetrazole rings is 1. The number of carboxylic acid groups (broad SMARTS) is 1. The Kier molecular flexibility index (Phi) is 5.82. The molecule has 4 heterocycles. The van der Waals surface area contributed by atoms with Crippen molar-refractivity contribution >= 4 is 28.5 Å². The monoisotopic (exact) mass is 495 g/mol. The van der Waals surface area contributed by atoms with E-state index in [4.69, 9.17) is 4.74 Å². The fourth-order valence-corrected chi connectivity index (χ4v) is 5.72. The van der Waals surface area contributed by atoms with Gasteiger partial charge in [-0.25, -0.2) is 4.79 Å². The zero-order valence-corrected chi connectivity index (χ0v) is 21.0. The molecule has 1 aromatic carbocycles. The van der Waals surface area contributed by atoms with Crippen LogP contribution in [-0.4, -0.2) is 60.2 Å². The van der Waals surface area contributed by atoms with E-state index in [0.29, 0.717) is 5.01 Å². The molecule has 0 radical (unpaired) electrons. The first-order valence-electron chi connectivity index (χ1n) is 11.7. The van der Waals surface area contributed by atoms with Gasteiger partial charge in [-0.15, -0.1) is 25.2 Å². The molecule has 1 spiro atoms. The van der Waals surface area contributed by atoms with Crippen molar-refractivity contribution in [3.8, 4) is 16.6 Å². The van der Waals surface area contributed by atoms with Gasteiger partial charge in [-0.3, -0.25) is 0 Å². The summed E-state index contributed by atoms with van der Waals surface area (Å²) in [6, 6.07) is 5.23. The van der Waals surface area contributed by atoms with Crippen molar-refractivity contribution in [3.63, 3.8) is 0 Å². The summed E-state index contributed by atoms with van der Waals surface area (Å²) in [6.07, 6.45) is 5.69. The van der Waals surface area contributed by atoms with Gasteiger partial charge in [0.25, 0.3) is 0 Å². The third-order valence-electron chi connectivity index (χ3n) is 6.81. The van der Waals surface area contributed by atoms with Crippen LogP contribution < -0.4 is 9.64 Å². The Morgan fingerprint density at radius 2 is 2.00 bits per heavy atom. The first-order chi connectivity index (χ1) is 16.7. The van der Waals surface area contributed by atoms with Crippen LogP contribution >= 0.6 is 11.3 Å². The molecule has 2 aliphatic rings. The van der Waals surface area contributed by atoms with Gasteiger partial charge in [0.1, 0.15) is 11.4 Å². The maximum Gasteiger partial charge on any atom is 0.331 e. The predicted octanol–water partition coefficient (Wildman–Crippen LogP) is 3.87. The topological polar surface area (TPSA) is 119 Å². The second-order valence-electron chi connectivity index (χ2n) is 10.2. The number of hydrogen-bond donors (Lipinski definition) is 1. The zero-order valence-electron chi connectivity index (χ0n) is 20.1. The van der Waals surface area contributed by atoms with Crippen molar-refractivity contribution in [1.82, 2.24) is 30.4 Å². The van der Waals surface area contributed by atoms with E-state index in [1.807, 2.05) is 32.9 Å². The quantitative estimate of drug-likeness (QED) is 0.562. The third-order valence-corrected chi connectivity index (χ3v) is 7.79. The molecule has 1 unspecified atom stereocenters. The first-order valence-corrected chi connectivity index (χ1v) is 12.6. The number of ether oxygens (including phenoxy) is 1. The number of aliphatic carboxylic acids is 1. The zero-order chi connectivity index (χ0) is 24.8. The maximum atomic E-state index is 11.8. The minimum Gasteiger partial charge on any atom is -0.487 e. The number of rotatable bonds is 5. The largest absolute Gasteiger partial charge is 0.487 e. The molecule has 2 aromatic heterocycles. The standard InChI is InChI=1S/C24H29N7O3S/c1-5-15-7-6-8-17-16(15)9-10-24(34-17)11-13-30(14-12-24)22-27-26-20(35-22)19-25-29-31(28-19)18(21(32)33)23(2,3)4/h5-8,18H,1,9-14H2,2-4H3,(H,32,33).